The number of aromatic nitrogens is 1. The molecule has 1 amide bonds. The van der Waals surface area contributed by atoms with E-state index in [-0.39, 0.29) is 22.4 Å². The van der Waals surface area contributed by atoms with E-state index in [0.717, 1.165) is 11.8 Å². The van der Waals surface area contributed by atoms with E-state index in [1.54, 1.807) is 37.4 Å². The Morgan fingerprint density at radius 1 is 1.10 bits per heavy atom. The van der Waals surface area contributed by atoms with Crippen molar-refractivity contribution in [3.63, 3.8) is 0 Å². The topological polar surface area (TPSA) is 76.1 Å². The van der Waals surface area contributed by atoms with E-state index >= 15 is 0 Å². The zero-order valence-corrected chi connectivity index (χ0v) is 17.7. The number of hydrogen-bond donors (Lipinski definition) is 1. The zero-order chi connectivity index (χ0) is 21.0. The second kappa shape index (κ2) is 8.76. The first-order chi connectivity index (χ1) is 13.7. The summed E-state index contributed by atoms with van der Waals surface area (Å²) in [6, 6.07) is 17.2. The summed E-state index contributed by atoms with van der Waals surface area (Å²) >= 11 is 5.96. The van der Waals surface area contributed by atoms with Crippen LogP contribution in [-0.4, -0.2) is 25.6 Å². The highest BCUT2D eigenvalue weighted by atomic mass is 35.5. The lowest BCUT2D eigenvalue weighted by Gasteiger charge is -2.19. The molecule has 0 saturated heterocycles. The SMILES string of the molecule is Cc1ccc(C(=O)N[C@@H](Cc2ccc(Cl)cc2)c2ccccn2)cc1S(C)(=O)=O. The van der Waals surface area contributed by atoms with Gasteiger partial charge in [-0.15, -0.1) is 0 Å². The van der Waals surface area contributed by atoms with Crippen LogP contribution >= 0.6 is 11.6 Å². The van der Waals surface area contributed by atoms with E-state index in [0.29, 0.717) is 22.7 Å². The van der Waals surface area contributed by atoms with Crippen molar-refractivity contribution in [2.75, 3.05) is 6.26 Å². The number of rotatable bonds is 6. The van der Waals surface area contributed by atoms with E-state index in [2.05, 4.69) is 10.3 Å². The Morgan fingerprint density at radius 2 is 1.83 bits per heavy atom. The van der Waals surface area contributed by atoms with Gasteiger partial charge in [-0.05, 0) is 60.9 Å². The molecule has 2 aromatic carbocycles. The average molecular weight is 429 g/mol. The number of aryl methyl sites for hydroxylation is 1. The number of benzene rings is 2. The molecule has 1 atom stereocenters. The standard InChI is InChI=1S/C22H21ClN2O3S/c1-15-6-9-17(14-21(15)29(2,27)28)22(26)25-20(19-5-3-4-12-24-19)13-16-7-10-18(23)11-8-16/h3-12,14,20H,13H2,1-2H3,(H,25,26)/t20-/m0/s1. The molecule has 1 heterocycles. The number of amides is 1. The van der Waals surface area contributed by atoms with Gasteiger partial charge in [-0.1, -0.05) is 35.9 Å². The van der Waals surface area contributed by atoms with E-state index in [9.17, 15) is 13.2 Å². The molecule has 0 spiro atoms. The van der Waals surface area contributed by atoms with Crippen molar-refractivity contribution in [1.29, 1.82) is 0 Å². The molecule has 1 N–H and O–H groups in total. The largest absolute Gasteiger partial charge is 0.343 e. The van der Waals surface area contributed by atoms with Crippen LogP contribution in [0.3, 0.4) is 0 Å². The first-order valence-corrected chi connectivity index (χ1v) is 11.3. The molecule has 0 aliphatic rings. The average Bonchev–Trinajstić information content (AvgIpc) is 2.69. The van der Waals surface area contributed by atoms with Crippen molar-refractivity contribution in [3.05, 3.63) is 94.3 Å². The number of carbonyl (C=O) groups excluding carboxylic acids is 1. The molecule has 5 nitrogen and oxygen atoms in total. The van der Waals surface area contributed by atoms with Crippen molar-refractivity contribution in [2.45, 2.75) is 24.3 Å². The molecule has 0 radical (unpaired) electrons. The van der Waals surface area contributed by atoms with Crippen LogP contribution in [0.1, 0.15) is 33.2 Å². The fraction of sp³-hybridized carbons (Fsp3) is 0.182. The van der Waals surface area contributed by atoms with E-state index in [1.807, 2.05) is 30.3 Å². The Balaban J connectivity index is 1.89. The minimum Gasteiger partial charge on any atom is -0.343 e. The third-order valence-corrected chi connectivity index (χ3v) is 6.04. The Bertz CT molecular complexity index is 1110. The lowest BCUT2D eigenvalue weighted by Crippen LogP contribution is -2.30. The van der Waals surface area contributed by atoms with Gasteiger partial charge in [-0.3, -0.25) is 9.78 Å². The molecule has 29 heavy (non-hydrogen) atoms. The summed E-state index contributed by atoms with van der Waals surface area (Å²) in [6.07, 6.45) is 3.32. The first kappa shape index (κ1) is 21.0. The number of carbonyl (C=O) groups is 1. The van der Waals surface area contributed by atoms with Crippen LogP contribution in [0, 0.1) is 6.92 Å². The third-order valence-electron chi connectivity index (χ3n) is 4.55. The lowest BCUT2D eigenvalue weighted by molar-refractivity contribution is 0.0935. The summed E-state index contributed by atoms with van der Waals surface area (Å²) in [5.41, 5.74) is 2.59. The van der Waals surface area contributed by atoms with E-state index < -0.39 is 9.84 Å². The molecular formula is C22H21ClN2O3S. The third kappa shape index (κ3) is 5.43. The normalized spacial score (nSPS) is 12.4. The predicted molar refractivity (Wildman–Crippen MR) is 114 cm³/mol. The number of hydrogen-bond acceptors (Lipinski definition) is 4. The highest BCUT2D eigenvalue weighted by Gasteiger charge is 2.20. The highest BCUT2D eigenvalue weighted by molar-refractivity contribution is 7.90. The van der Waals surface area contributed by atoms with Crippen LogP contribution in [0.25, 0.3) is 0 Å². The van der Waals surface area contributed by atoms with Crippen LogP contribution < -0.4 is 5.32 Å². The fourth-order valence-electron chi connectivity index (χ4n) is 3.05. The van der Waals surface area contributed by atoms with Gasteiger partial charge >= 0.3 is 0 Å². The maximum atomic E-state index is 12.9. The van der Waals surface area contributed by atoms with Gasteiger partial charge in [-0.2, -0.15) is 0 Å². The molecular weight excluding hydrogens is 408 g/mol. The van der Waals surface area contributed by atoms with Gasteiger partial charge in [0.2, 0.25) is 0 Å². The fourth-order valence-corrected chi connectivity index (χ4v) is 4.17. The van der Waals surface area contributed by atoms with Gasteiger partial charge in [0.15, 0.2) is 9.84 Å². The van der Waals surface area contributed by atoms with Crippen LogP contribution in [0.5, 0.6) is 0 Å². The Kier molecular flexibility index (Phi) is 6.35. The highest BCUT2D eigenvalue weighted by Crippen LogP contribution is 2.21. The Hall–Kier alpha value is -2.70. The summed E-state index contributed by atoms with van der Waals surface area (Å²) < 4.78 is 24.0. The van der Waals surface area contributed by atoms with Gasteiger partial charge in [0.25, 0.3) is 5.91 Å². The van der Waals surface area contributed by atoms with Crippen molar-refractivity contribution in [1.82, 2.24) is 10.3 Å². The number of halogens is 1. The van der Waals surface area contributed by atoms with Crippen molar-refractivity contribution < 1.29 is 13.2 Å². The summed E-state index contributed by atoms with van der Waals surface area (Å²) in [5, 5.41) is 3.62. The molecule has 0 bridgehead atoms. The van der Waals surface area contributed by atoms with Crippen LogP contribution in [-0.2, 0) is 16.3 Å². The second-order valence-electron chi connectivity index (χ2n) is 6.86. The van der Waals surface area contributed by atoms with Crippen LogP contribution in [0.4, 0.5) is 0 Å². The maximum absolute atomic E-state index is 12.9. The van der Waals surface area contributed by atoms with Crippen molar-refractivity contribution in [3.8, 4) is 0 Å². The van der Waals surface area contributed by atoms with Gasteiger partial charge in [0.1, 0.15) is 0 Å². The predicted octanol–water partition coefficient (Wildman–Crippen LogP) is 4.16. The number of pyridine rings is 1. The molecule has 0 unspecified atom stereocenters. The zero-order valence-electron chi connectivity index (χ0n) is 16.1. The smallest absolute Gasteiger partial charge is 0.251 e. The van der Waals surface area contributed by atoms with Gasteiger partial charge in [-0.25, -0.2) is 8.42 Å². The maximum Gasteiger partial charge on any atom is 0.251 e. The molecule has 7 heteroatoms. The summed E-state index contributed by atoms with van der Waals surface area (Å²) in [6.45, 7) is 1.70. The first-order valence-electron chi connectivity index (χ1n) is 9.01. The molecule has 0 aliphatic heterocycles. The number of nitrogens with zero attached hydrogens (tertiary/aromatic N) is 1. The molecule has 3 aromatic rings. The molecule has 150 valence electrons. The summed E-state index contributed by atoms with van der Waals surface area (Å²) in [7, 11) is -3.43. The summed E-state index contributed by atoms with van der Waals surface area (Å²) in [5.74, 6) is -0.362. The van der Waals surface area contributed by atoms with Crippen LogP contribution in [0.15, 0.2) is 71.8 Å². The summed E-state index contributed by atoms with van der Waals surface area (Å²) in [4.78, 5) is 17.4. The Morgan fingerprint density at radius 3 is 2.45 bits per heavy atom. The monoisotopic (exact) mass is 428 g/mol. The lowest BCUT2D eigenvalue weighted by atomic mass is 10.0. The van der Waals surface area contributed by atoms with E-state index in [1.165, 1.54) is 6.07 Å². The van der Waals surface area contributed by atoms with Gasteiger partial charge < -0.3 is 5.32 Å². The van der Waals surface area contributed by atoms with Gasteiger partial charge in [0, 0.05) is 23.0 Å². The molecule has 1 aromatic heterocycles. The molecule has 3 rings (SSSR count). The number of sulfone groups is 1. The minimum atomic E-state index is -3.43. The van der Waals surface area contributed by atoms with Crippen molar-refractivity contribution in [2.24, 2.45) is 0 Å². The second-order valence-corrected chi connectivity index (χ2v) is 9.28. The van der Waals surface area contributed by atoms with Gasteiger partial charge in [0.05, 0.1) is 16.6 Å². The quantitative estimate of drug-likeness (QED) is 0.639. The molecule has 0 aliphatic carbocycles. The molecule has 0 fully saturated rings. The molecule has 0 saturated carbocycles. The van der Waals surface area contributed by atoms with E-state index in [4.69, 9.17) is 11.6 Å². The number of nitrogens with one attached hydrogen (secondary N) is 1. The van der Waals surface area contributed by atoms with Crippen LogP contribution in [0.2, 0.25) is 5.02 Å². The van der Waals surface area contributed by atoms with Crippen molar-refractivity contribution >= 4 is 27.3 Å². The Labute approximate surface area is 175 Å². The minimum absolute atomic E-state index is 0.150.